The highest BCUT2D eigenvalue weighted by Gasteiger charge is 2.25. The Morgan fingerprint density at radius 1 is 0.912 bits per heavy atom. The summed E-state index contributed by atoms with van der Waals surface area (Å²) in [6.45, 7) is 8.91. The van der Waals surface area contributed by atoms with Crippen molar-refractivity contribution in [3.8, 4) is 5.75 Å². The van der Waals surface area contributed by atoms with Crippen LogP contribution in [-0.4, -0.2) is 23.8 Å². The Kier molecular flexibility index (Phi) is 8.72. The maximum Gasteiger partial charge on any atom is 0.407 e. The van der Waals surface area contributed by atoms with Crippen LogP contribution in [-0.2, 0) is 23.4 Å². The minimum absolute atomic E-state index is 0.126. The first-order chi connectivity index (χ1) is 16.3. The van der Waals surface area contributed by atoms with Crippen molar-refractivity contribution in [3.63, 3.8) is 0 Å². The van der Waals surface area contributed by atoms with E-state index in [9.17, 15) is 9.90 Å². The zero-order chi connectivity index (χ0) is 24.6. The van der Waals surface area contributed by atoms with Crippen LogP contribution < -0.4 is 10.1 Å². The zero-order valence-corrected chi connectivity index (χ0v) is 20.5. The minimum Gasteiger partial charge on any atom is -0.489 e. The number of alkyl carbamates (subject to hydrolysis) is 1. The second kappa shape index (κ2) is 11.7. The summed E-state index contributed by atoms with van der Waals surface area (Å²) in [5, 5.41) is 12.8. The van der Waals surface area contributed by atoms with Gasteiger partial charge in [-0.05, 0) is 33.7 Å². The zero-order valence-electron chi connectivity index (χ0n) is 20.5. The summed E-state index contributed by atoms with van der Waals surface area (Å²) in [6.07, 6.45) is -0.548. The number of hydrogen-bond acceptors (Lipinski definition) is 4. The van der Waals surface area contributed by atoms with Crippen LogP contribution in [0.25, 0.3) is 0 Å². The lowest BCUT2D eigenvalue weighted by atomic mass is 9.83. The normalized spacial score (nSPS) is 13.1. The molecule has 2 atom stereocenters. The highest BCUT2D eigenvalue weighted by Crippen LogP contribution is 2.35. The molecule has 0 fully saturated rings. The molecule has 3 aromatic rings. The Hall–Kier alpha value is -3.31. The number of carbonyl (C=O) groups excluding carboxylic acids is 1. The third-order valence-electron chi connectivity index (χ3n) is 5.89. The number of benzene rings is 3. The fourth-order valence-electron chi connectivity index (χ4n) is 3.76. The molecule has 0 saturated carbocycles. The van der Waals surface area contributed by atoms with Crippen LogP contribution in [0.5, 0.6) is 5.75 Å². The van der Waals surface area contributed by atoms with Crippen molar-refractivity contribution >= 4 is 6.09 Å². The SMILES string of the molecule is CC(c1ccc(OCc2ccccc2)c(C(C)(C)C)c1)C(CO)NC(=O)OCc1ccccc1. The van der Waals surface area contributed by atoms with E-state index in [1.807, 2.05) is 79.7 Å². The number of aliphatic hydroxyl groups excluding tert-OH is 1. The van der Waals surface area contributed by atoms with Crippen molar-refractivity contribution in [2.45, 2.75) is 58.3 Å². The molecular formula is C29H35NO4. The molecule has 5 heteroatoms. The first kappa shape index (κ1) is 25.3. The largest absolute Gasteiger partial charge is 0.489 e. The van der Waals surface area contributed by atoms with Crippen LogP contribution in [0.2, 0.25) is 0 Å². The molecule has 0 aliphatic rings. The number of carbonyl (C=O) groups is 1. The molecular weight excluding hydrogens is 426 g/mol. The molecule has 5 nitrogen and oxygen atoms in total. The Balaban J connectivity index is 1.70. The van der Waals surface area contributed by atoms with E-state index >= 15 is 0 Å². The van der Waals surface area contributed by atoms with Crippen molar-refractivity contribution in [3.05, 3.63) is 101 Å². The molecule has 3 rings (SSSR count). The lowest BCUT2D eigenvalue weighted by Crippen LogP contribution is -2.41. The molecule has 2 N–H and O–H groups in total. The van der Waals surface area contributed by atoms with Gasteiger partial charge in [0.2, 0.25) is 0 Å². The molecule has 0 spiro atoms. The summed E-state index contributed by atoms with van der Waals surface area (Å²) in [7, 11) is 0. The number of ether oxygens (including phenoxy) is 2. The van der Waals surface area contributed by atoms with Crippen molar-refractivity contribution in [2.75, 3.05) is 6.61 Å². The molecule has 0 radical (unpaired) electrons. The summed E-state index contributed by atoms with van der Waals surface area (Å²) in [4.78, 5) is 12.4. The van der Waals surface area contributed by atoms with Gasteiger partial charge in [-0.1, -0.05) is 100 Å². The van der Waals surface area contributed by atoms with Crippen LogP contribution in [0, 0.1) is 0 Å². The van der Waals surface area contributed by atoms with E-state index in [1.165, 1.54) is 0 Å². The second-order valence-corrected chi connectivity index (χ2v) is 9.56. The van der Waals surface area contributed by atoms with Crippen LogP contribution in [0.15, 0.2) is 78.9 Å². The fraction of sp³-hybridized carbons (Fsp3) is 0.345. The highest BCUT2D eigenvalue weighted by atomic mass is 16.5. The Morgan fingerprint density at radius 3 is 2.06 bits per heavy atom. The first-order valence-electron chi connectivity index (χ1n) is 11.7. The van der Waals surface area contributed by atoms with Gasteiger partial charge in [-0.25, -0.2) is 4.79 Å². The molecule has 34 heavy (non-hydrogen) atoms. The van der Waals surface area contributed by atoms with E-state index in [-0.39, 0.29) is 24.5 Å². The van der Waals surface area contributed by atoms with Gasteiger partial charge in [0.25, 0.3) is 0 Å². The van der Waals surface area contributed by atoms with Crippen molar-refractivity contribution < 1.29 is 19.4 Å². The van der Waals surface area contributed by atoms with E-state index in [2.05, 4.69) is 32.2 Å². The van der Waals surface area contributed by atoms with E-state index in [0.717, 1.165) is 28.0 Å². The van der Waals surface area contributed by atoms with Crippen LogP contribution in [0.1, 0.15) is 55.9 Å². The quantitative estimate of drug-likeness (QED) is 0.413. The van der Waals surface area contributed by atoms with Gasteiger partial charge in [0.15, 0.2) is 0 Å². The van der Waals surface area contributed by atoms with Gasteiger partial charge >= 0.3 is 6.09 Å². The van der Waals surface area contributed by atoms with E-state index in [4.69, 9.17) is 9.47 Å². The summed E-state index contributed by atoms with van der Waals surface area (Å²) in [6, 6.07) is 25.2. The summed E-state index contributed by atoms with van der Waals surface area (Å²) >= 11 is 0. The molecule has 1 amide bonds. The summed E-state index contributed by atoms with van der Waals surface area (Å²) < 4.78 is 11.5. The maximum absolute atomic E-state index is 12.4. The molecule has 0 aromatic heterocycles. The number of nitrogens with one attached hydrogen (secondary N) is 1. The third kappa shape index (κ3) is 7.09. The number of hydrogen-bond donors (Lipinski definition) is 2. The second-order valence-electron chi connectivity index (χ2n) is 9.56. The van der Waals surface area contributed by atoms with Gasteiger partial charge in [-0.3, -0.25) is 0 Å². The lowest BCUT2D eigenvalue weighted by Gasteiger charge is -2.27. The van der Waals surface area contributed by atoms with Crippen LogP contribution in [0.3, 0.4) is 0 Å². The van der Waals surface area contributed by atoms with Crippen LogP contribution >= 0.6 is 0 Å². The summed E-state index contributed by atoms with van der Waals surface area (Å²) in [5.74, 6) is 0.710. The standard InChI is InChI=1S/C29H35NO4/c1-21(26(18-31)30-28(32)34-20-23-13-9-6-10-14-23)24-15-16-27(25(17-24)29(2,3)4)33-19-22-11-7-5-8-12-22/h5-17,21,26,31H,18-20H2,1-4H3,(H,30,32). The van der Waals surface area contributed by atoms with Crippen molar-refractivity contribution in [2.24, 2.45) is 0 Å². The van der Waals surface area contributed by atoms with E-state index in [0.29, 0.717) is 6.61 Å². The van der Waals surface area contributed by atoms with Gasteiger partial charge in [0.05, 0.1) is 12.6 Å². The molecule has 3 aromatic carbocycles. The van der Waals surface area contributed by atoms with E-state index in [1.54, 1.807) is 0 Å². The average Bonchev–Trinajstić information content (AvgIpc) is 2.85. The molecule has 180 valence electrons. The minimum atomic E-state index is -0.548. The summed E-state index contributed by atoms with van der Waals surface area (Å²) in [5.41, 5.74) is 3.97. The Morgan fingerprint density at radius 2 is 1.50 bits per heavy atom. The highest BCUT2D eigenvalue weighted by molar-refractivity contribution is 5.67. The third-order valence-corrected chi connectivity index (χ3v) is 5.89. The Labute approximate surface area is 202 Å². The smallest absolute Gasteiger partial charge is 0.407 e. The van der Waals surface area contributed by atoms with Crippen molar-refractivity contribution in [1.29, 1.82) is 0 Å². The Bertz CT molecular complexity index is 1040. The van der Waals surface area contributed by atoms with Gasteiger partial charge in [-0.2, -0.15) is 0 Å². The molecule has 0 saturated heterocycles. The van der Waals surface area contributed by atoms with Gasteiger partial charge < -0.3 is 19.9 Å². The predicted molar refractivity (Wildman–Crippen MR) is 135 cm³/mol. The van der Waals surface area contributed by atoms with E-state index < -0.39 is 12.1 Å². The molecule has 0 aliphatic heterocycles. The fourth-order valence-corrected chi connectivity index (χ4v) is 3.76. The molecule has 0 heterocycles. The monoisotopic (exact) mass is 461 g/mol. The topological polar surface area (TPSA) is 67.8 Å². The molecule has 0 aliphatic carbocycles. The number of amides is 1. The predicted octanol–water partition coefficient (Wildman–Crippen LogP) is 5.95. The molecule has 2 unspecified atom stereocenters. The van der Waals surface area contributed by atoms with Gasteiger partial charge in [-0.15, -0.1) is 0 Å². The van der Waals surface area contributed by atoms with Crippen molar-refractivity contribution in [1.82, 2.24) is 5.32 Å². The van der Waals surface area contributed by atoms with Gasteiger partial charge in [0, 0.05) is 5.92 Å². The maximum atomic E-state index is 12.4. The van der Waals surface area contributed by atoms with Crippen LogP contribution in [0.4, 0.5) is 4.79 Å². The molecule has 0 bridgehead atoms. The average molecular weight is 462 g/mol. The number of rotatable bonds is 9. The lowest BCUT2D eigenvalue weighted by molar-refractivity contribution is 0.126. The first-order valence-corrected chi connectivity index (χ1v) is 11.7. The number of aliphatic hydroxyl groups is 1. The van der Waals surface area contributed by atoms with Gasteiger partial charge in [0.1, 0.15) is 19.0 Å².